The smallest absolute Gasteiger partial charge is 0.161 e. The Morgan fingerprint density at radius 3 is 2.34 bits per heavy atom. The van der Waals surface area contributed by atoms with Crippen molar-refractivity contribution in [1.29, 1.82) is 0 Å². The molecule has 0 fully saturated rings. The zero-order valence-corrected chi connectivity index (χ0v) is 19.6. The van der Waals surface area contributed by atoms with E-state index in [0.717, 1.165) is 81.6 Å². The van der Waals surface area contributed by atoms with Gasteiger partial charge in [-0.1, -0.05) is 25.0 Å². The lowest BCUT2D eigenvalue weighted by molar-refractivity contribution is 0.356. The molecule has 4 rings (SSSR count). The van der Waals surface area contributed by atoms with Gasteiger partial charge in [-0.2, -0.15) is 0 Å². The molecule has 0 saturated heterocycles. The van der Waals surface area contributed by atoms with E-state index in [-0.39, 0.29) is 0 Å². The molecule has 5 heteroatoms. The second-order valence-electron chi connectivity index (χ2n) is 8.13. The molecule has 0 unspecified atom stereocenters. The summed E-state index contributed by atoms with van der Waals surface area (Å²) in [6.45, 7) is 7.20. The standard InChI is InChI=1S/C27H31N3O2/c1-6-8-24-22-15-26(32-5)25(31-4)14-21(22)20(16-29-24)13-19-12-18-11-17(3)9-10-23(18)30-27(19)28-7-2/h9-12,14-16H,6-8,13H2,1-5H3,(H,28,30). The van der Waals surface area contributed by atoms with Crippen LogP contribution in [0, 0.1) is 6.92 Å². The molecule has 0 bridgehead atoms. The Bertz CT molecular complexity index is 1270. The first kappa shape index (κ1) is 21.9. The highest BCUT2D eigenvalue weighted by molar-refractivity contribution is 5.91. The molecule has 166 valence electrons. The van der Waals surface area contributed by atoms with E-state index in [0.29, 0.717) is 0 Å². The SMILES string of the molecule is CCCc1ncc(Cc2cc3cc(C)ccc3nc2NCC)c2cc(OC)c(OC)cc12. The van der Waals surface area contributed by atoms with Gasteiger partial charge in [0.05, 0.1) is 19.7 Å². The van der Waals surface area contributed by atoms with Crippen LogP contribution in [-0.2, 0) is 12.8 Å². The first-order valence-corrected chi connectivity index (χ1v) is 11.2. The zero-order chi connectivity index (χ0) is 22.7. The van der Waals surface area contributed by atoms with Gasteiger partial charge in [-0.3, -0.25) is 4.98 Å². The molecule has 0 aliphatic heterocycles. The zero-order valence-electron chi connectivity index (χ0n) is 19.6. The number of rotatable bonds is 8. The molecule has 2 aromatic heterocycles. The Hall–Kier alpha value is -3.34. The number of nitrogens with one attached hydrogen (secondary N) is 1. The van der Waals surface area contributed by atoms with Crippen LogP contribution in [0.3, 0.4) is 0 Å². The van der Waals surface area contributed by atoms with E-state index < -0.39 is 0 Å². The van der Waals surface area contributed by atoms with E-state index in [9.17, 15) is 0 Å². The number of anilines is 1. The third-order valence-electron chi connectivity index (χ3n) is 5.82. The van der Waals surface area contributed by atoms with Gasteiger partial charge >= 0.3 is 0 Å². The Balaban J connectivity index is 1.89. The molecule has 32 heavy (non-hydrogen) atoms. The quantitative estimate of drug-likeness (QED) is 0.368. The van der Waals surface area contributed by atoms with Crippen molar-refractivity contribution in [3.8, 4) is 11.5 Å². The van der Waals surface area contributed by atoms with Crippen molar-refractivity contribution in [3.05, 3.63) is 65.0 Å². The fourth-order valence-electron chi connectivity index (χ4n) is 4.26. The van der Waals surface area contributed by atoms with E-state index in [1.165, 1.54) is 5.56 Å². The van der Waals surface area contributed by atoms with Gasteiger partial charge < -0.3 is 14.8 Å². The largest absolute Gasteiger partial charge is 0.493 e. The van der Waals surface area contributed by atoms with Gasteiger partial charge in [0, 0.05) is 35.6 Å². The maximum atomic E-state index is 5.61. The Labute approximate surface area is 189 Å². The molecular formula is C27H31N3O2. The lowest BCUT2D eigenvalue weighted by Crippen LogP contribution is -2.05. The average molecular weight is 430 g/mol. The van der Waals surface area contributed by atoms with Gasteiger partial charge in [0.25, 0.3) is 0 Å². The second-order valence-corrected chi connectivity index (χ2v) is 8.13. The summed E-state index contributed by atoms with van der Waals surface area (Å²) in [5.74, 6) is 2.39. The van der Waals surface area contributed by atoms with Crippen LogP contribution in [0.5, 0.6) is 11.5 Å². The maximum absolute atomic E-state index is 5.61. The summed E-state index contributed by atoms with van der Waals surface area (Å²) in [5.41, 5.74) is 5.63. The summed E-state index contributed by atoms with van der Waals surface area (Å²) in [7, 11) is 3.35. The van der Waals surface area contributed by atoms with Crippen LogP contribution >= 0.6 is 0 Å². The van der Waals surface area contributed by atoms with Crippen LogP contribution in [0.15, 0.2) is 42.6 Å². The molecular weight excluding hydrogens is 398 g/mol. The summed E-state index contributed by atoms with van der Waals surface area (Å²) in [4.78, 5) is 9.75. The topological polar surface area (TPSA) is 56.3 Å². The number of hydrogen-bond acceptors (Lipinski definition) is 5. The Morgan fingerprint density at radius 1 is 0.906 bits per heavy atom. The van der Waals surface area contributed by atoms with Crippen LogP contribution in [0.4, 0.5) is 5.82 Å². The van der Waals surface area contributed by atoms with E-state index >= 15 is 0 Å². The molecule has 0 aliphatic rings. The fraction of sp³-hybridized carbons (Fsp3) is 0.333. The van der Waals surface area contributed by atoms with Crippen molar-refractivity contribution >= 4 is 27.5 Å². The van der Waals surface area contributed by atoms with Crippen molar-refractivity contribution in [2.75, 3.05) is 26.1 Å². The lowest BCUT2D eigenvalue weighted by atomic mass is 9.97. The summed E-state index contributed by atoms with van der Waals surface area (Å²) in [6, 6.07) is 12.8. The highest BCUT2D eigenvalue weighted by atomic mass is 16.5. The van der Waals surface area contributed by atoms with Crippen LogP contribution in [0.1, 0.15) is 42.7 Å². The molecule has 0 aliphatic carbocycles. The normalized spacial score (nSPS) is 11.2. The summed E-state index contributed by atoms with van der Waals surface area (Å²) < 4.78 is 11.2. The van der Waals surface area contributed by atoms with Crippen molar-refractivity contribution in [2.24, 2.45) is 0 Å². The van der Waals surface area contributed by atoms with Gasteiger partial charge in [-0.25, -0.2) is 4.98 Å². The predicted molar refractivity (Wildman–Crippen MR) is 132 cm³/mol. The Morgan fingerprint density at radius 2 is 1.66 bits per heavy atom. The number of fused-ring (bicyclic) bond motifs is 2. The van der Waals surface area contributed by atoms with Gasteiger partial charge in [-0.15, -0.1) is 0 Å². The van der Waals surface area contributed by atoms with Crippen molar-refractivity contribution < 1.29 is 9.47 Å². The van der Waals surface area contributed by atoms with Gasteiger partial charge in [-0.05, 0) is 67.1 Å². The lowest BCUT2D eigenvalue weighted by Gasteiger charge is -2.16. The van der Waals surface area contributed by atoms with Crippen molar-refractivity contribution in [1.82, 2.24) is 9.97 Å². The third-order valence-corrected chi connectivity index (χ3v) is 5.82. The number of pyridine rings is 2. The highest BCUT2D eigenvalue weighted by Crippen LogP contribution is 2.36. The average Bonchev–Trinajstić information content (AvgIpc) is 2.80. The molecule has 0 radical (unpaired) electrons. The first-order chi connectivity index (χ1) is 15.6. The first-order valence-electron chi connectivity index (χ1n) is 11.2. The highest BCUT2D eigenvalue weighted by Gasteiger charge is 2.15. The molecule has 2 heterocycles. The molecule has 4 aromatic rings. The fourth-order valence-corrected chi connectivity index (χ4v) is 4.26. The predicted octanol–water partition coefficient (Wildman–Crippen LogP) is 6.08. The van der Waals surface area contributed by atoms with Crippen LogP contribution in [-0.4, -0.2) is 30.7 Å². The van der Waals surface area contributed by atoms with Gasteiger partial charge in [0.15, 0.2) is 11.5 Å². The van der Waals surface area contributed by atoms with Crippen molar-refractivity contribution in [3.63, 3.8) is 0 Å². The minimum absolute atomic E-state index is 0.727. The maximum Gasteiger partial charge on any atom is 0.161 e. The number of methoxy groups -OCH3 is 2. The monoisotopic (exact) mass is 429 g/mol. The molecule has 2 aromatic carbocycles. The molecule has 1 N–H and O–H groups in total. The number of nitrogens with zero attached hydrogens (tertiary/aromatic N) is 2. The van der Waals surface area contributed by atoms with Crippen LogP contribution < -0.4 is 14.8 Å². The number of aromatic nitrogens is 2. The second kappa shape index (κ2) is 9.43. The van der Waals surface area contributed by atoms with Gasteiger partial charge in [0.1, 0.15) is 5.82 Å². The van der Waals surface area contributed by atoms with Gasteiger partial charge in [0.2, 0.25) is 0 Å². The number of hydrogen-bond donors (Lipinski definition) is 1. The molecule has 5 nitrogen and oxygen atoms in total. The molecule has 0 saturated carbocycles. The van der Waals surface area contributed by atoms with E-state index in [4.69, 9.17) is 19.4 Å². The number of benzene rings is 2. The van der Waals surface area contributed by atoms with E-state index in [2.05, 4.69) is 62.5 Å². The molecule has 0 atom stereocenters. The minimum atomic E-state index is 0.727. The van der Waals surface area contributed by atoms with Crippen molar-refractivity contribution in [2.45, 2.75) is 40.0 Å². The Kier molecular flexibility index (Phi) is 6.45. The summed E-state index contributed by atoms with van der Waals surface area (Å²) in [5, 5.41) is 6.87. The van der Waals surface area contributed by atoms with E-state index in [1.807, 2.05) is 6.20 Å². The third kappa shape index (κ3) is 4.20. The summed E-state index contributed by atoms with van der Waals surface area (Å²) in [6.07, 6.45) is 4.69. The molecule has 0 spiro atoms. The van der Waals surface area contributed by atoms with Crippen LogP contribution in [0.2, 0.25) is 0 Å². The van der Waals surface area contributed by atoms with Crippen LogP contribution in [0.25, 0.3) is 21.7 Å². The number of aryl methyl sites for hydroxylation is 2. The number of ether oxygens (including phenoxy) is 2. The molecule has 0 amide bonds. The summed E-state index contributed by atoms with van der Waals surface area (Å²) >= 11 is 0. The van der Waals surface area contributed by atoms with E-state index in [1.54, 1.807) is 14.2 Å². The minimum Gasteiger partial charge on any atom is -0.493 e.